The van der Waals surface area contributed by atoms with Crippen LogP contribution in [0.3, 0.4) is 0 Å². The van der Waals surface area contributed by atoms with Gasteiger partial charge in [0.15, 0.2) is 0 Å². The van der Waals surface area contributed by atoms with Gasteiger partial charge in [-0.3, -0.25) is 9.78 Å². The molecule has 6 nitrogen and oxygen atoms in total. The zero-order valence-electron chi connectivity index (χ0n) is 12.8. The molecule has 0 fully saturated rings. The minimum Gasteiger partial charge on any atom is -0.271 e. The Balaban J connectivity index is 2.14. The van der Waals surface area contributed by atoms with Gasteiger partial charge in [0, 0.05) is 17.4 Å². The van der Waals surface area contributed by atoms with Gasteiger partial charge >= 0.3 is 5.69 Å². The monoisotopic (exact) mass is 374 g/mol. The summed E-state index contributed by atoms with van der Waals surface area (Å²) in [4.78, 5) is 24.3. The van der Waals surface area contributed by atoms with Gasteiger partial charge in [-0.2, -0.15) is 15.0 Å². The van der Waals surface area contributed by atoms with E-state index in [2.05, 4.69) is 16.2 Å². The van der Waals surface area contributed by atoms with E-state index < -0.39 is 16.1 Å². The van der Waals surface area contributed by atoms with E-state index >= 15 is 0 Å². The van der Waals surface area contributed by atoms with Crippen LogP contribution in [0.1, 0.15) is 12.0 Å². The molecule has 1 N–H and O–H groups in total. The van der Waals surface area contributed by atoms with Crippen LogP contribution in [-0.4, -0.2) is 14.8 Å². The molecule has 0 saturated carbocycles. The number of H-pyrrole nitrogens is 1. The molecule has 0 amide bonds. The summed E-state index contributed by atoms with van der Waals surface area (Å²) in [7, 11) is 0. The first-order valence-electron chi connectivity index (χ1n) is 7.36. The van der Waals surface area contributed by atoms with Gasteiger partial charge in [0.25, 0.3) is 5.56 Å². The molecule has 1 aromatic carbocycles. The summed E-state index contributed by atoms with van der Waals surface area (Å²) in [6.07, 6.45) is 6.28. The first-order chi connectivity index (χ1) is 11.9. The Morgan fingerprint density at radius 3 is 2.68 bits per heavy atom. The summed E-state index contributed by atoms with van der Waals surface area (Å²) in [6.45, 7) is 0. The van der Waals surface area contributed by atoms with Crippen LogP contribution in [-0.2, 0) is 4.87 Å². The highest BCUT2D eigenvalue weighted by atomic mass is 35.5. The van der Waals surface area contributed by atoms with Gasteiger partial charge in [0.2, 0.25) is 0 Å². The van der Waals surface area contributed by atoms with Crippen LogP contribution in [0.15, 0.2) is 58.3 Å². The highest BCUT2D eigenvalue weighted by molar-refractivity contribution is 6.30. The lowest BCUT2D eigenvalue weighted by molar-refractivity contribution is 0.531. The molecule has 2 aromatic rings. The predicted molar refractivity (Wildman–Crippen MR) is 95.2 cm³/mol. The molecule has 1 aliphatic rings. The van der Waals surface area contributed by atoms with Crippen LogP contribution in [0.5, 0.6) is 0 Å². The third-order valence-electron chi connectivity index (χ3n) is 3.95. The van der Waals surface area contributed by atoms with Crippen molar-refractivity contribution >= 4 is 28.9 Å². The van der Waals surface area contributed by atoms with Gasteiger partial charge in [0.1, 0.15) is 6.20 Å². The molecule has 0 spiro atoms. The number of rotatable bonds is 3. The van der Waals surface area contributed by atoms with Gasteiger partial charge in [-0.25, -0.2) is 4.79 Å². The molecule has 1 aliphatic carbocycles. The van der Waals surface area contributed by atoms with Crippen LogP contribution in [0, 0.1) is 17.2 Å². The van der Waals surface area contributed by atoms with Gasteiger partial charge in [0.05, 0.1) is 16.6 Å². The van der Waals surface area contributed by atoms with Gasteiger partial charge in [-0.15, -0.1) is 11.6 Å². The molecular formula is C17H12Cl2N4O2. The van der Waals surface area contributed by atoms with Crippen molar-refractivity contribution in [1.82, 2.24) is 14.8 Å². The smallest absolute Gasteiger partial charge is 0.271 e. The molecule has 126 valence electrons. The highest BCUT2D eigenvalue weighted by Crippen LogP contribution is 2.45. The van der Waals surface area contributed by atoms with Crippen LogP contribution in [0.4, 0.5) is 0 Å². The van der Waals surface area contributed by atoms with E-state index in [0.29, 0.717) is 10.7 Å². The van der Waals surface area contributed by atoms with Crippen molar-refractivity contribution < 1.29 is 0 Å². The summed E-state index contributed by atoms with van der Waals surface area (Å²) in [5, 5.41) is 13.5. The Morgan fingerprint density at radius 2 is 2.04 bits per heavy atom. The summed E-state index contributed by atoms with van der Waals surface area (Å²) in [5.41, 5.74) is -0.116. The number of aromatic amines is 1. The number of benzene rings is 1. The third-order valence-corrected chi connectivity index (χ3v) is 4.81. The van der Waals surface area contributed by atoms with E-state index in [4.69, 9.17) is 28.5 Å². The minimum absolute atomic E-state index is 0.195. The number of allylic oxidation sites excluding steroid dienone is 4. The van der Waals surface area contributed by atoms with Crippen molar-refractivity contribution in [3.63, 3.8) is 0 Å². The molecule has 2 unspecified atom stereocenters. The molecule has 25 heavy (non-hydrogen) atoms. The second-order valence-corrected chi connectivity index (χ2v) is 6.58. The summed E-state index contributed by atoms with van der Waals surface area (Å²) < 4.78 is 1.05. The number of nitrogens with one attached hydrogen (secondary N) is 1. The van der Waals surface area contributed by atoms with E-state index in [9.17, 15) is 9.59 Å². The molecule has 0 aliphatic heterocycles. The van der Waals surface area contributed by atoms with Crippen LogP contribution >= 0.6 is 23.2 Å². The summed E-state index contributed by atoms with van der Waals surface area (Å²) in [6, 6.07) is 9.09. The normalized spacial score (nSPS) is 22.3. The largest absolute Gasteiger partial charge is 0.349 e. The van der Waals surface area contributed by atoms with E-state index in [1.54, 1.807) is 42.5 Å². The Labute approximate surface area is 152 Å². The number of alkyl halides is 1. The maximum Gasteiger partial charge on any atom is 0.349 e. The van der Waals surface area contributed by atoms with Crippen molar-refractivity contribution in [1.29, 1.82) is 5.26 Å². The lowest BCUT2D eigenvalue weighted by Gasteiger charge is -2.33. The average Bonchev–Trinajstić information content (AvgIpc) is 2.57. The molecule has 8 heteroatoms. The third kappa shape index (κ3) is 3.29. The first-order valence-corrected chi connectivity index (χ1v) is 8.11. The molecule has 0 bridgehead atoms. The maximum atomic E-state index is 12.0. The number of nitrogens with zero attached hydrogens (tertiary/aromatic N) is 3. The topological polar surface area (TPSA) is 91.5 Å². The number of halogens is 2. The van der Waals surface area contributed by atoms with Crippen molar-refractivity contribution in [2.45, 2.75) is 11.3 Å². The fourth-order valence-electron chi connectivity index (χ4n) is 2.71. The fourth-order valence-corrected chi connectivity index (χ4v) is 3.23. The molecular weight excluding hydrogens is 363 g/mol. The standard InChI is InChI=1S/C17H12Cl2N4O2/c18-13-4-1-11(2-5-13)17(19)9-14(6-3-12(17)7-8-20)23-16(25)22-15(24)10-21-23/h1-6,9-10,12H,7H2,(H,22,24,25). The quantitative estimate of drug-likeness (QED) is 0.835. The fraction of sp³-hybridized carbons (Fsp3) is 0.176. The second-order valence-electron chi connectivity index (χ2n) is 5.52. The highest BCUT2D eigenvalue weighted by Gasteiger charge is 2.38. The van der Waals surface area contributed by atoms with Crippen molar-refractivity contribution in [3.8, 4) is 6.07 Å². The molecule has 0 saturated heterocycles. The van der Waals surface area contributed by atoms with E-state index in [-0.39, 0.29) is 12.3 Å². The van der Waals surface area contributed by atoms with Crippen molar-refractivity contribution in [2.24, 2.45) is 5.92 Å². The number of nitriles is 1. The maximum absolute atomic E-state index is 12.0. The molecule has 1 aromatic heterocycles. The van der Waals surface area contributed by atoms with Gasteiger partial charge in [-0.1, -0.05) is 29.8 Å². The van der Waals surface area contributed by atoms with Gasteiger partial charge < -0.3 is 0 Å². The Hall–Kier alpha value is -2.62. The summed E-state index contributed by atoms with van der Waals surface area (Å²) >= 11 is 12.8. The zero-order valence-corrected chi connectivity index (χ0v) is 14.3. The lowest BCUT2D eigenvalue weighted by Crippen LogP contribution is -2.34. The molecule has 3 rings (SSSR count). The van der Waals surface area contributed by atoms with Crippen molar-refractivity contribution in [2.75, 3.05) is 0 Å². The zero-order chi connectivity index (χ0) is 18.0. The first kappa shape index (κ1) is 17.2. The molecule has 1 heterocycles. The van der Waals surface area contributed by atoms with Gasteiger partial charge in [-0.05, 0) is 29.8 Å². The van der Waals surface area contributed by atoms with Crippen LogP contribution in [0.2, 0.25) is 5.02 Å². The Morgan fingerprint density at radius 1 is 1.32 bits per heavy atom. The number of aromatic nitrogens is 3. The predicted octanol–water partition coefficient (Wildman–Crippen LogP) is 2.66. The average molecular weight is 375 g/mol. The van der Waals surface area contributed by atoms with E-state index in [0.717, 1.165) is 16.4 Å². The van der Waals surface area contributed by atoms with Crippen LogP contribution < -0.4 is 11.2 Å². The number of hydrogen-bond donors (Lipinski definition) is 1. The SMILES string of the molecule is N#CCC1C=CC(n2ncc(=O)[nH]c2=O)=CC1(Cl)c1ccc(Cl)cc1. The second kappa shape index (κ2) is 6.71. The van der Waals surface area contributed by atoms with Crippen molar-refractivity contribution in [3.05, 3.63) is 80.1 Å². The van der Waals surface area contributed by atoms with E-state index in [1.165, 1.54) is 0 Å². The van der Waals surface area contributed by atoms with Crippen LogP contribution in [0.25, 0.3) is 5.70 Å². The Bertz CT molecular complexity index is 1010. The summed E-state index contributed by atoms with van der Waals surface area (Å²) in [5.74, 6) is -0.303. The molecule has 0 radical (unpaired) electrons. The lowest BCUT2D eigenvalue weighted by atomic mass is 9.80. The molecule has 2 atom stereocenters. The minimum atomic E-state index is -1.05. The Kier molecular flexibility index (Phi) is 4.62. The van der Waals surface area contributed by atoms with E-state index in [1.807, 2.05) is 0 Å². The number of hydrogen-bond acceptors (Lipinski definition) is 4.